The van der Waals surface area contributed by atoms with Crippen molar-refractivity contribution >= 4 is 35.0 Å². The van der Waals surface area contributed by atoms with E-state index < -0.39 is 35.0 Å². The van der Waals surface area contributed by atoms with Crippen LogP contribution in [0.1, 0.15) is 101 Å². The number of hydrogen-bond donors (Lipinski definition) is 0. The molecule has 5 heteroatoms. The first-order valence-corrected chi connectivity index (χ1v) is 28.3. The zero-order chi connectivity index (χ0) is 26.7. The molecule has 0 aliphatic heterocycles. The predicted octanol–water partition coefficient (Wildman–Crippen LogP) is 10.8. The summed E-state index contributed by atoms with van der Waals surface area (Å²) in [4.78, 5) is 0. The van der Waals surface area contributed by atoms with Gasteiger partial charge in [-0.05, 0) is 0 Å². The summed E-state index contributed by atoms with van der Waals surface area (Å²) >= 11 is -2.16. The maximum atomic E-state index is 6.94. The van der Waals surface area contributed by atoms with E-state index in [1.165, 1.54) is 43.0 Å². The van der Waals surface area contributed by atoms with E-state index in [2.05, 4.69) is 101 Å². The fourth-order valence-electron chi connectivity index (χ4n) is 4.00. The quantitative estimate of drug-likeness (QED) is 0.119. The summed E-state index contributed by atoms with van der Waals surface area (Å²) in [6.07, 6.45) is 13.4. The van der Waals surface area contributed by atoms with Crippen LogP contribution < -0.4 is 0 Å². The molecule has 2 nitrogen and oxygen atoms in total. The number of allylic oxidation sites excluding steroid dienone is 1. The van der Waals surface area contributed by atoms with E-state index in [0.29, 0.717) is 6.61 Å². The van der Waals surface area contributed by atoms with Crippen molar-refractivity contribution in [1.29, 1.82) is 0 Å². The SMILES string of the molecule is CCC[CH2][Sn]([CH2]/C=C/[C@@H](CO[Si](C)(C)C(C)(C)C)O[Si](C)(C)C(C)(C)C)([CH2]CCC)[CH2]CCC. The monoisotopic (exact) mass is 620 g/mol. The Labute approximate surface area is 222 Å². The Morgan fingerprint density at radius 3 is 1.47 bits per heavy atom. The van der Waals surface area contributed by atoms with Crippen LogP contribution in [-0.2, 0) is 8.85 Å². The first kappa shape index (κ1) is 34.9. The van der Waals surface area contributed by atoms with Crippen LogP contribution in [-0.4, -0.2) is 47.7 Å². The molecule has 0 radical (unpaired) electrons. The van der Waals surface area contributed by atoms with Gasteiger partial charge in [0.05, 0.1) is 0 Å². The van der Waals surface area contributed by atoms with Gasteiger partial charge in [0.15, 0.2) is 0 Å². The number of rotatable bonds is 17. The molecule has 0 heterocycles. The molecule has 204 valence electrons. The molecule has 0 rings (SSSR count). The number of hydrogen-bond acceptors (Lipinski definition) is 2. The topological polar surface area (TPSA) is 18.5 Å². The van der Waals surface area contributed by atoms with Gasteiger partial charge in [-0.25, -0.2) is 0 Å². The zero-order valence-corrected chi connectivity index (χ0v) is 30.7. The summed E-state index contributed by atoms with van der Waals surface area (Å²) in [5.74, 6) is 0. The van der Waals surface area contributed by atoms with Crippen LogP contribution in [0.4, 0.5) is 0 Å². The van der Waals surface area contributed by atoms with Gasteiger partial charge in [-0.15, -0.1) is 0 Å². The van der Waals surface area contributed by atoms with Crippen molar-refractivity contribution in [2.24, 2.45) is 0 Å². The second-order valence-corrected chi connectivity index (χ2v) is 37.5. The molecular formula is C29H64O2Si2Sn. The van der Waals surface area contributed by atoms with E-state index >= 15 is 0 Å². The molecule has 0 spiro atoms. The molecule has 0 N–H and O–H groups in total. The van der Waals surface area contributed by atoms with E-state index in [1.807, 2.05) is 0 Å². The van der Waals surface area contributed by atoms with Gasteiger partial charge in [0.1, 0.15) is 0 Å². The summed E-state index contributed by atoms with van der Waals surface area (Å²) in [6, 6.07) is 0. The molecule has 1 atom stereocenters. The molecular weight excluding hydrogens is 555 g/mol. The van der Waals surface area contributed by atoms with Crippen molar-refractivity contribution in [1.82, 2.24) is 0 Å². The summed E-state index contributed by atoms with van der Waals surface area (Å²) < 4.78 is 19.7. The average Bonchev–Trinajstić information content (AvgIpc) is 2.70. The van der Waals surface area contributed by atoms with Crippen molar-refractivity contribution in [2.75, 3.05) is 6.61 Å². The molecule has 0 aromatic carbocycles. The van der Waals surface area contributed by atoms with E-state index in [9.17, 15) is 0 Å². The predicted molar refractivity (Wildman–Crippen MR) is 164 cm³/mol. The van der Waals surface area contributed by atoms with Gasteiger partial charge < -0.3 is 0 Å². The van der Waals surface area contributed by atoms with Crippen LogP contribution >= 0.6 is 0 Å². The van der Waals surface area contributed by atoms with E-state index in [1.54, 1.807) is 13.3 Å². The summed E-state index contributed by atoms with van der Waals surface area (Å²) in [7, 11) is -3.67. The maximum absolute atomic E-state index is 6.94. The summed E-state index contributed by atoms with van der Waals surface area (Å²) in [6.45, 7) is 31.3. The Balaban J connectivity index is 5.77. The van der Waals surface area contributed by atoms with Crippen molar-refractivity contribution in [3.63, 3.8) is 0 Å². The standard InChI is InChI=1S/C17H37O2Si2.3C4H9.Sn/c1-12-13-15(19-21(10,11)17(5,6)7)14-18-20(8,9)16(2,3)4;3*1-3-4-2;/h12-13,15H,1,14H2,2-11H3;3*1,3-4H2,2H3;/b13-12+;;;;/t15-;;;;/m0..../s1. The van der Waals surface area contributed by atoms with Crippen molar-refractivity contribution in [2.45, 2.75) is 161 Å². The third-order valence-corrected chi connectivity index (χ3v) is 33.0. The van der Waals surface area contributed by atoms with Crippen LogP contribution in [0.3, 0.4) is 0 Å². The average molecular weight is 620 g/mol. The second-order valence-electron chi connectivity index (χ2n) is 13.9. The minimum atomic E-state index is -2.16. The zero-order valence-electron chi connectivity index (χ0n) is 25.8. The fourth-order valence-corrected chi connectivity index (χ4v) is 21.4. The van der Waals surface area contributed by atoms with Gasteiger partial charge in [-0.2, -0.15) is 0 Å². The summed E-state index contributed by atoms with van der Waals surface area (Å²) in [5.41, 5.74) is 0. The molecule has 0 bridgehead atoms. The van der Waals surface area contributed by atoms with E-state index in [0.717, 1.165) is 0 Å². The Morgan fingerprint density at radius 1 is 0.706 bits per heavy atom. The van der Waals surface area contributed by atoms with Crippen molar-refractivity contribution in [3.05, 3.63) is 12.2 Å². The third kappa shape index (κ3) is 12.4. The van der Waals surface area contributed by atoms with Crippen LogP contribution in [0.2, 0.25) is 54.0 Å². The summed E-state index contributed by atoms with van der Waals surface area (Å²) in [5, 5.41) is 0.437. The van der Waals surface area contributed by atoms with Crippen LogP contribution in [0, 0.1) is 0 Å². The Bertz CT molecular complexity index is 552. The van der Waals surface area contributed by atoms with Crippen LogP contribution in [0.25, 0.3) is 0 Å². The Morgan fingerprint density at radius 2 is 1.12 bits per heavy atom. The van der Waals surface area contributed by atoms with Gasteiger partial charge in [0.2, 0.25) is 0 Å². The van der Waals surface area contributed by atoms with Gasteiger partial charge in [-0.1, -0.05) is 0 Å². The molecule has 0 amide bonds. The number of unbranched alkanes of at least 4 members (excludes halogenated alkanes) is 3. The molecule has 0 saturated carbocycles. The molecule has 0 aliphatic rings. The van der Waals surface area contributed by atoms with Crippen molar-refractivity contribution in [3.8, 4) is 0 Å². The molecule has 0 aliphatic carbocycles. The minimum absolute atomic E-state index is 0.0857. The second kappa shape index (κ2) is 15.3. The molecule has 0 aromatic rings. The van der Waals surface area contributed by atoms with Crippen LogP contribution in [0.15, 0.2) is 12.2 Å². The van der Waals surface area contributed by atoms with Gasteiger partial charge in [-0.3, -0.25) is 0 Å². The fraction of sp³-hybridized carbons (Fsp3) is 0.931. The van der Waals surface area contributed by atoms with Crippen LogP contribution in [0.5, 0.6) is 0 Å². The molecule has 34 heavy (non-hydrogen) atoms. The van der Waals surface area contributed by atoms with Gasteiger partial charge >= 0.3 is 224 Å². The first-order chi connectivity index (χ1) is 15.5. The Hall–Kier alpha value is 0.892. The molecule has 0 aromatic heterocycles. The van der Waals surface area contributed by atoms with E-state index in [4.69, 9.17) is 8.85 Å². The first-order valence-electron chi connectivity index (χ1n) is 14.5. The van der Waals surface area contributed by atoms with Gasteiger partial charge in [0.25, 0.3) is 0 Å². The Kier molecular flexibility index (Phi) is 15.7. The molecule has 0 fully saturated rings. The normalized spacial score (nSPS) is 15.3. The molecule has 0 unspecified atom stereocenters. The molecule has 0 saturated heterocycles. The third-order valence-electron chi connectivity index (χ3n) is 8.75. The van der Waals surface area contributed by atoms with Gasteiger partial charge in [0, 0.05) is 0 Å². The van der Waals surface area contributed by atoms with E-state index in [-0.39, 0.29) is 16.2 Å². The van der Waals surface area contributed by atoms with Crippen molar-refractivity contribution < 1.29 is 8.85 Å².